The van der Waals surface area contributed by atoms with Gasteiger partial charge in [0.15, 0.2) is 6.39 Å². The number of nitrogens with one attached hydrogen (secondary N) is 1. The molecule has 1 amide bonds. The molecule has 0 aliphatic carbocycles. The molecule has 5 nitrogen and oxygen atoms in total. The van der Waals surface area contributed by atoms with Crippen molar-refractivity contribution in [3.8, 4) is 10.6 Å². The average Bonchev–Trinajstić information content (AvgIpc) is 3.17. The molecule has 3 aromatic rings. The van der Waals surface area contributed by atoms with Crippen LogP contribution in [0.3, 0.4) is 0 Å². The van der Waals surface area contributed by atoms with E-state index in [0.717, 1.165) is 16.3 Å². The number of hydrogen-bond acceptors (Lipinski definition) is 5. The first-order valence-corrected chi connectivity index (χ1v) is 7.90. The molecule has 0 saturated carbocycles. The quantitative estimate of drug-likeness (QED) is 0.779. The number of hydrogen-bond donors (Lipinski definition) is 1. The summed E-state index contributed by atoms with van der Waals surface area (Å²) in [6.45, 7) is 2.17. The number of thiazole rings is 1. The molecule has 0 fully saturated rings. The standard InChI is InChI=1S/C16H14FN3O2S/c1-10-14(22-9-19-10)15(21)18-7-6-13-8-23-16(20-13)11-2-4-12(17)5-3-11/h2-5,8-9H,6-7H2,1H3,(H,18,21). The van der Waals surface area contributed by atoms with Gasteiger partial charge in [-0.05, 0) is 31.2 Å². The van der Waals surface area contributed by atoms with Crippen LogP contribution in [0, 0.1) is 12.7 Å². The molecule has 0 aliphatic heterocycles. The predicted molar refractivity (Wildman–Crippen MR) is 84.8 cm³/mol. The first-order valence-electron chi connectivity index (χ1n) is 7.02. The fourth-order valence-electron chi connectivity index (χ4n) is 2.05. The number of nitrogens with zero attached hydrogens (tertiary/aromatic N) is 2. The van der Waals surface area contributed by atoms with Crippen LogP contribution in [-0.4, -0.2) is 22.4 Å². The highest BCUT2D eigenvalue weighted by atomic mass is 32.1. The zero-order valence-electron chi connectivity index (χ0n) is 12.4. The van der Waals surface area contributed by atoms with Gasteiger partial charge in [-0.25, -0.2) is 14.4 Å². The van der Waals surface area contributed by atoms with Crippen molar-refractivity contribution in [2.24, 2.45) is 0 Å². The maximum absolute atomic E-state index is 12.9. The van der Waals surface area contributed by atoms with Crippen LogP contribution in [0.15, 0.2) is 40.5 Å². The SMILES string of the molecule is Cc1ncoc1C(=O)NCCc1csc(-c2ccc(F)cc2)n1. The van der Waals surface area contributed by atoms with Gasteiger partial charge in [0.05, 0.1) is 11.4 Å². The molecule has 0 bridgehead atoms. The fourth-order valence-corrected chi connectivity index (χ4v) is 2.91. The Morgan fingerprint density at radius 2 is 2.13 bits per heavy atom. The van der Waals surface area contributed by atoms with Crippen molar-refractivity contribution in [3.63, 3.8) is 0 Å². The van der Waals surface area contributed by atoms with Crippen molar-refractivity contribution in [1.29, 1.82) is 0 Å². The molecule has 1 aromatic carbocycles. The minimum Gasteiger partial charge on any atom is -0.438 e. The molecule has 0 atom stereocenters. The second-order valence-corrected chi connectivity index (χ2v) is 5.78. The Kier molecular flexibility index (Phi) is 4.47. The number of amides is 1. The van der Waals surface area contributed by atoms with Crippen molar-refractivity contribution in [2.45, 2.75) is 13.3 Å². The van der Waals surface area contributed by atoms with E-state index in [1.165, 1.54) is 29.9 Å². The van der Waals surface area contributed by atoms with E-state index in [0.29, 0.717) is 18.7 Å². The first kappa shape index (κ1) is 15.4. The summed E-state index contributed by atoms with van der Waals surface area (Å²) in [5.74, 6) is -0.319. The summed E-state index contributed by atoms with van der Waals surface area (Å²) in [6.07, 6.45) is 1.86. The lowest BCUT2D eigenvalue weighted by Gasteiger charge is -2.01. The van der Waals surface area contributed by atoms with Crippen LogP contribution >= 0.6 is 11.3 Å². The third kappa shape index (κ3) is 3.62. The highest BCUT2D eigenvalue weighted by Gasteiger charge is 2.13. The van der Waals surface area contributed by atoms with Gasteiger partial charge in [-0.2, -0.15) is 0 Å². The highest BCUT2D eigenvalue weighted by Crippen LogP contribution is 2.23. The monoisotopic (exact) mass is 331 g/mol. The van der Waals surface area contributed by atoms with Crippen LogP contribution in [0.1, 0.15) is 21.9 Å². The van der Waals surface area contributed by atoms with Crippen LogP contribution in [0.4, 0.5) is 4.39 Å². The predicted octanol–water partition coefficient (Wildman–Crippen LogP) is 3.22. The first-order chi connectivity index (χ1) is 11.1. The van der Waals surface area contributed by atoms with E-state index in [1.54, 1.807) is 19.1 Å². The molecule has 0 radical (unpaired) electrons. The molecule has 23 heavy (non-hydrogen) atoms. The number of aryl methyl sites for hydroxylation is 1. The summed E-state index contributed by atoms with van der Waals surface area (Å²) in [6, 6.07) is 6.23. The Morgan fingerprint density at radius 3 is 2.83 bits per heavy atom. The molecule has 0 unspecified atom stereocenters. The smallest absolute Gasteiger partial charge is 0.289 e. The van der Waals surface area contributed by atoms with Crippen molar-refractivity contribution in [1.82, 2.24) is 15.3 Å². The van der Waals surface area contributed by atoms with E-state index in [1.807, 2.05) is 5.38 Å². The largest absolute Gasteiger partial charge is 0.438 e. The Bertz CT molecular complexity index is 811. The minimum atomic E-state index is -0.283. The summed E-state index contributed by atoms with van der Waals surface area (Å²) in [7, 11) is 0. The van der Waals surface area contributed by atoms with Gasteiger partial charge in [-0.15, -0.1) is 11.3 Å². The molecule has 118 valence electrons. The topological polar surface area (TPSA) is 68.0 Å². The number of oxazole rings is 1. The zero-order valence-corrected chi connectivity index (χ0v) is 13.2. The Balaban J connectivity index is 1.56. The van der Waals surface area contributed by atoms with Gasteiger partial charge in [0.2, 0.25) is 5.76 Å². The van der Waals surface area contributed by atoms with E-state index in [4.69, 9.17) is 4.42 Å². The van der Waals surface area contributed by atoms with Crippen LogP contribution in [0.25, 0.3) is 10.6 Å². The molecule has 0 saturated heterocycles. The van der Waals surface area contributed by atoms with E-state index < -0.39 is 0 Å². The highest BCUT2D eigenvalue weighted by molar-refractivity contribution is 7.13. The maximum atomic E-state index is 12.9. The van der Waals surface area contributed by atoms with Gasteiger partial charge >= 0.3 is 0 Å². The lowest BCUT2D eigenvalue weighted by Crippen LogP contribution is -2.26. The summed E-state index contributed by atoms with van der Waals surface area (Å²) < 4.78 is 18.0. The van der Waals surface area contributed by atoms with E-state index in [-0.39, 0.29) is 17.5 Å². The molecular weight excluding hydrogens is 317 g/mol. The second-order valence-electron chi connectivity index (χ2n) is 4.92. The number of halogens is 1. The number of carbonyl (C=O) groups is 1. The molecule has 3 rings (SSSR count). The minimum absolute atomic E-state index is 0.232. The summed E-state index contributed by atoms with van der Waals surface area (Å²) >= 11 is 1.49. The van der Waals surface area contributed by atoms with E-state index >= 15 is 0 Å². The molecule has 0 spiro atoms. The van der Waals surface area contributed by atoms with Gasteiger partial charge < -0.3 is 9.73 Å². The van der Waals surface area contributed by atoms with Crippen LogP contribution in [0.5, 0.6) is 0 Å². The average molecular weight is 331 g/mol. The number of benzene rings is 1. The fraction of sp³-hybridized carbons (Fsp3) is 0.188. The van der Waals surface area contributed by atoms with Gasteiger partial charge in [0.1, 0.15) is 10.8 Å². The molecular formula is C16H14FN3O2S. The van der Waals surface area contributed by atoms with Gasteiger partial charge in [-0.1, -0.05) is 0 Å². The molecule has 2 heterocycles. The third-order valence-electron chi connectivity index (χ3n) is 3.26. The van der Waals surface area contributed by atoms with Crippen LogP contribution < -0.4 is 5.32 Å². The Hall–Kier alpha value is -2.54. The Morgan fingerprint density at radius 1 is 1.35 bits per heavy atom. The summed E-state index contributed by atoms with van der Waals surface area (Å²) in [4.78, 5) is 20.3. The van der Waals surface area contributed by atoms with Gasteiger partial charge in [0.25, 0.3) is 5.91 Å². The lowest BCUT2D eigenvalue weighted by molar-refractivity contribution is 0.0925. The maximum Gasteiger partial charge on any atom is 0.289 e. The normalized spacial score (nSPS) is 10.7. The molecule has 0 aliphatic rings. The summed E-state index contributed by atoms with van der Waals surface area (Å²) in [5.41, 5.74) is 2.32. The zero-order chi connectivity index (χ0) is 16.2. The molecule has 1 N–H and O–H groups in total. The second kappa shape index (κ2) is 6.70. The van der Waals surface area contributed by atoms with Crippen LogP contribution in [-0.2, 0) is 6.42 Å². The van der Waals surface area contributed by atoms with Crippen molar-refractivity contribution >= 4 is 17.2 Å². The van der Waals surface area contributed by atoms with Crippen LogP contribution in [0.2, 0.25) is 0 Å². The van der Waals surface area contributed by atoms with Gasteiger partial charge in [-0.3, -0.25) is 4.79 Å². The summed E-state index contributed by atoms with van der Waals surface area (Å²) in [5, 5.41) is 5.54. The van der Waals surface area contributed by atoms with E-state index in [9.17, 15) is 9.18 Å². The van der Waals surface area contributed by atoms with Gasteiger partial charge in [0, 0.05) is 23.9 Å². The van der Waals surface area contributed by atoms with Crippen molar-refractivity contribution < 1.29 is 13.6 Å². The van der Waals surface area contributed by atoms with Crippen molar-refractivity contribution in [3.05, 3.63) is 59.0 Å². The Labute approximate surface area is 136 Å². The lowest BCUT2D eigenvalue weighted by atomic mass is 10.2. The number of aromatic nitrogens is 2. The van der Waals surface area contributed by atoms with Crippen molar-refractivity contribution in [2.75, 3.05) is 6.54 Å². The molecule has 7 heteroatoms. The molecule has 2 aromatic heterocycles. The van der Waals surface area contributed by atoms with E-state index in [2.05, 4.69) is 15.3 Å². The third-order valence-corrected chi connectivity index (χ3v) is 4.20. The number of carbonyl (C=O) groups excluding carboxylic acids is 1. The number of rotatable bonds is 5.